The number of rotatable bonds is 12. The Morgan fingerprint density at radius 2 is 0.890 bits per heavy atom. The van der Waals surface area contributed by atoms with Crippen LogP contribution in [0.3, 0.4) is 0 Å². The molecule has 15 nitrogen and oxygen atoms in total. The van der Waals surface area contributed by atoms with Gasteiger partial charge in [-0.1, -0.05) is 155 Å². The van der Waals surface area contributed by atoms with E-state index in [1.807, 2.05) is 152 Å². The number of hydrogen-bond donors (Lipinski definition) is 0. The highest BCUT2D eigenvalue weighted by molar-refractivity contribution is 7.10. The molecule has 0 atom stereocenters. The molecule has 0 aliphatic rings. The van der Waals surface area contributed by atoms with Gasteiger partial charge >= 0.3 is 0 Å². The third-order valence-corrected chi connectivity index (χ3v) is 17.9. The Kier molecular flexibility index (Phi) is 49.3. The summed E-state index contributed by atoms with van der Waals surface area (Å²) in [5.41, 5.74) is 8.34. The number of nitrogens with zero attached hydrogens (tertiary/aromatic N) is 14. The molecule has 0 aliphatic heterocycles. The number of thiophene rings is 3. The maximum Gasteiger partial charge on any atom is 0.218 e. The fourth-order valence-corrected chi connectivity index (χ4v) is 10.2. The number of imidazole rings is 2. The Balaban J connectivity index is 0.000000546. The minimum absolute atomic E-state index is 0.345. The van der Waals surface area contributed by atoms with Crippen LogP contribution in [0.4, 0.5) is 0 Å². The topological polar surface area (TPSA) is 170 Å². The average Bonchev–Trinajstić information content (AvgIpc) is 2.77. The van der Waals surface area contributed by atoms with Gasteiger partial charge in [0.2, 0.25) is 12.3 Å². The molecule has 0 bridgehead atoms. The standard InChI is InChI=1S/4C8H11N.3C7H10S.3C6H10N2.C5H8N2O.C5H8N2S/c1-7(2)8-3-5-9-6-4-8;2*1-7(2)8-4-3-5-9-6-8;1-7(2)8-5-3-4-6-9-8;1-6(2)7-3-4-8-5-7;2*1-6(2)7-4-3-5-8-7;2*1-6(2)8-4-3-7-5-8;1-6(2)8-5-3-4-7-8;2*1-4(2)5-7-6-3-8-5/h4*3-7H,1-2H3;6*3-6H,1-2H3;2*3-4H,1-2H3. The zero-order valence-electron chi connectivity index (χ0n) is 64.5. The molecule has 0 aromatic carbocycles. The Morgan fingerprint density at radius 1 is 0.360 bits per heavy atom. The van der Waals surface area contributed by atoms with Gasteiger partial charge in [-0.15, -0.1) is 54.4 Å². The first kappa shape index (κ1) is 90.0. The van der Waals surface area contributed by atoms with Crippen LogP contribution in [0, 0.1) is 0 Å². The van der Waals surface area contributed by atoms with E-state index in [0.717, 1.165) is 10.7 Å². The summed E-state index contributed by atoms with van der Waals surface area (Å²) in [6.45, 7) is 51.5. The van der Waals surface area contributed by atoms with Crippen molar-refractivity contribution in [3.05, 3.63) is 266 Å². The Morgan fingerprint density at radius 3 is 1.10 bits per heavy atom. The van der Waals surface area contributed by atoms with E-state index in [4.69, 9.17) is 4.42 Å². The van der Waals surface area contributed by atoms with Gasteiger partial charge in [-0.25, -0.2) is 9.97 Å². The Hall–Kier alpha value is -7.97. The third kappa shape index (κ3) is 43.5. The van der Waals surface area contributed by atoms with Crippen molar-refractivity contribution in [3.8, 4) is 0 Å². The lowest BCUT2D eigenvalue weighted by molar-refractivity contribution is 0.470. The molecule has 12 aromatic heterocycles. The summed E-state index contributed by atoms with van der Waals surface area (Å²) >= 11 is 7.04. The molecule has 0 fully saturated rings. The van der Waals surface area contributed by atoms with E-state index in [9.17, 15) is 0 Å². The number of aromatic nitrogens is 14. The van der Waals surface area contributed by atoms with Crippen LogP contribution >= 0.6 is 45.3 Å². The van der Waals surface area contributed by atoms with E-state index in [1.165, 1.54) is 38.4 Å². The minimum atomic E-state index is 0.345. The Bertz CT molecular complexity index is 2910. The first-order valence-electron chi connectivity index (χ1n) is 34.8. The molecule has 12 rings (SSSR count). The number of hydrogen-bond acceptors (Lipinski definition) is 16. The van der Waals surface area contributed by atoms with Gasteiger partial charge in [0, 0.05) is 126 Å². The van der Waals surface area contributed by atoms with Crippen molar-refractivity contribution in [2.75, 3.05) is 0 Å². The van der Waals surface area contributed by atoms with E-state index >= 15 is 0 Å². The maximum absolute atomic E-state index is 4.87. The molecule has 0 saturated carbocycles. The molecule has 19 heteroatoms. The SMILES string of the molecule is CC(C)c1ccccn1.CC(C)c1cccnc1.CC(C)c1cccnc1.CC(C)c1cccs1.CC(C)c1cccs1.CC(C)c1ccncc1.CC(C)c1ccsc1.CC(C)c1nnco1.CC(C)c1nncs1.CC(C)n1cccn1.CC(C)n1ccnc1.CC(C)n1ccnc1. The molecular weight excluding hydrogens is 1310 g/mol. The molecule has 0 saturated heterocycles. The van der Waals surface area contributed by atoms with Crippen LogP contribution in [0.15, 0.2) is 222 Å². The highest BCUT2D eigenvalue weighted by Crippen LogP contribution is 2.21. The quantitative estimate of drug-likeness (QED) is 0.114. The van der Waals surface area contributed by atoms with E-state index in [-0.39, 0.29) is 0 Å². The second-order valence-electron chi connectivity index (χ2n) is 26.4. The second kappa shape index (κ2) is 54.8. The van der Waals surface area contributed by atoms with Crippen LogP contribution in [0.5, 0.6) is 0 Å². The lowest BCUT2D eigenvalue weighted by Gasteiger charge is -2.02. The zero-order chi connectivity index (χ0) is 74.6. The largest absolute Gasteiger partial charge is 0.428 e. The monoisotopic (exact) mass is 1430 g/mol. The van der Waals surface area contributed by atoms with Gasteiger partial charge in [0.25, 0.3) is 0 Å². The van der Waals surface area contributed by atoms with Crippen LogP contribution in [0.2, 0.25) is 0 Å². The maximum atomic E-state index is 4.87. The predicted molar refractivity (Wildman–Crippen MR) is 429 cm³/mol. The highest BCUT2D eigenvalue weighted by Gasteiger charge is 2.04. The molecule has 12 heterocycles. The van der Waals surface area contributed by atoms with Gasteiger partial charge < -0.3 is 13.6 Å². The third-order valence-electron chi connectivity index (χ3n) is 13.8. The molecule has 0 radical (unpaired) electrons. The van der Waals surface area contributed by atoms with Crippen LogP contribution in [-0.2, 0) is 0 Å². The normalized spacial score (nSPS) is 10.3. The zero-order valence-corrected chi connectivity index (χ0v) is 67.8. The highest BCUT2D eigenvalue weighted by atomic mass is 32.1. The first-order chi connectivity index (χ1) is 47.7. The van der Waals surface area contributed by atoms with Crippen LogP contribution in [-0.4, -0.2) is 69.2 Å². The van der Waals surface area contributed by atoms with Crippen molar-refractivity contribution in [1.82, 2.24) is 69.2 Å². The molecule has 0 N–H and O–H groups in total. The molecule has 0 spiro atoms. The van der Waals surface area contributed by atoms with Gasteiger partial charge in [-0.3, -0.25) is 24.6 Å². The summed E-state index contributed by atoms with van der Waals surface area (Å²) in [5.74, 6) is 6.04. The molecule has 0 amide bonds. The fourth-order valence-electron chi connectivity index (χ4n) is 7.35. The van der Waals surface area contributed by atoms with Gasteiger partial charge in [-0.05, 0) is 187 Å². The summed E-state index contributed by atoms with van der Waals surface area (Å²) in [6, 6.07) is 32.4. The summed E-state index contributed by atoms with van der Waals surface area (Å²) in [5, 5.41) is 28.5. The van der Waals surface area contributed by atoms with Gasteiger partial charge in [0.1, 0.15) is 10.5 Å². The minimum Gasteiger partial charge on any atom is -0.428 e. The van der Waals surface area contributed by atoms with Crippen molar-refractivity contribution in [3.63, 3.8) is 0 Å². The van der Waals surface area contributed by atoms with Crippen LogP contribution in [0.1, 0.15) is 286 Å². The molecule has 0 unspecified atom stereocenters. The summed E-state index contributed by atoms with van der Waals surface area (Å²) in [7, 11) is 0. The van der Waals surface area contributed by atoms with Crippen molar-refractivity contribution in [2.45, 2.75) is 238 Å². The van der Waals surface area contributed by atoms with Crippen molar-refractivity contribution < 1.29 is 4.42 Å². The van der Waals surface area contributed by atoms with E-state index in [1.54, 1.807) is 59.2 Å². The molecule has 100 heavy (non-hydrogen) atoms. The molecule has 12 aromatic rings. The summed E-state index contributed by atoms with van der Waals surface area (Å²) < 4.78 is 10.9. The van der Waals surface area contributed by atoms with Gasteiger partial charge in [0.05, 0.1) is 12.7 Å². The predicted octanol–water partition coefficient (Wildman–Crippen LogP) is 24.7. The fraction of sp³-hybridized carbons (Fsp3) is 0.444. The smallest absolute Gasteiger partial charge is 0.218 e. The van der Waals surface area contributed by atoms with Gasteiger partial charge in [0.15, 0.2) is 0 Å². The van der Waals surface area contributed by atoms with Crippen molar-refractivity contribution >= 4 is 45.3 Å². The summed E-state index contributed by atoms with van der Waals surface area (Å²) in [6.07, 6.45) is 29.2. The van der Waals surface area contributed by atoms with E-state index in [2.05, 4.69) is 281 Å². The van der Waals surface area contributed by atoms with Crippen molar-refractivity contribution in [1.29, 1.82) is 0 Å². The molecule has 0 aliphatic carbocycles. The average molecular weight is 1430 g/mol. The van der Waals surface area contributed by atoms with Crippen molar-refractivity contribution in [2.24, 2.45) is 0 Å². The van der Waals surface area contributed by atoms with Crippen LogP contribution < -0.4 is 0 Å². The van der Waals surface area contributed by atoms with Crippen LogP contribution in [0.25, 0.3) is 0 Å². The molecular formula is C81H120N14OS4. The first-order valence-corrected chi connectivity index (χ1v) is 38.4. The lowest BCUT2D eigenvalue weighted by Crippen LogP contribution is -1.99. The summed E-state index contributed by atoms with van der Waals surface area (Å²) in [4.78, 5) is 26.9. The number of pyridine rings is 4. The van der Waals surface area contributed by atoms with E-state index in [0.29, 0.717) is 77.3 Å². The van der Waals surface area contributed by atoms with Gasteiger partial charge in [-0.2, -0.15) is 16.4 Å². The molecule has 544 valence electrons. The lowest BCUT2D eigenvalue weighted by atomic mass is 10.1. The second-order valence-corrected chi connectivity index (χ2v) is 30.0. The van der Waals surface area contributed by atoms with E-state index < -0.39 is 0 Å². The Labute approximate surface area is 618 Å².